The maximum absolute atomic E-state index is 11.0. The molecule has 0 amide bonds. The second-order valence-corrected chi connectivity index (χ2v) is 4.88. The zero-order valence-electron chi connectivity index (χ0n) is 11.1. The molecule has 2 atom stereocenters. The molecule has 0 aromatic heterocycles. The van der Waals surface area contributed by atoms with Gasteiger partial charge in [0, 0.05) is 0 Å². The van der Waals surface area contributed by atoms with Crippen LogP contribution in [0.15, 0.2) is 0 Å². The maximum Gasteiger partial charge on any atom is 0.320 e. The molecule has 0 bridgehead atoms. The summed E-state index contributed by atoms with van der Waals surface area (Å²) in [4.78, 5) is 11.0. The predicted octanol–water partition coefficient (Wildman–Crippen LogP) is 2.90. The molecule has 0 aromatic carbocycles. The van der Waals surface area contributed by atoms with Gasteiger partial charge in [0.05, 0.1) is 0 Å². The lowest BCUT2D eigenvalue weighted by Crippen LogP contribution is -2.43. The van der Waals surface area contributed by atoms with E-state index >= 15 is 0 Å². The van der Waals surface area contributed by atoms with E-state index in [1.807, 2.05) is 13.8 Å². The Labute approximate surface area is 99.6 Å². The van der Waals surface area contributed by atoms with Gasteiger partial charge in [-0.25, -0.2) is 0 Å². The van der Waals surface area contributed by atoms with Crippen molar-refractivity contribution in [2.45, 2.75) is 59.4 Å². The highest BCUT2D eigenvalue weighted by Gasteiger charge is 2.21. The minimum absolute atomic E-state index is 0.140. The summed E-state index contributed by atoms with van der Waals surface area (Å²) in [6.07, 6.45) is 4.77. The summed E-state index contributed by atoms with van der Waals surface area (Å²) in [6, 6.07) is -0.407. The number of carbonyl (C=O) groups is 1. The van der Waals surface area contributed by atoms with E-state index in [-0.39, 0.29) is 5.92 Å². The first-order valence-electron chi connectivity index (χ1n) is 6.49. The van der Waals surface area contributed by atoms with Crippen molar-refractivity contribution in [1.29, 1.82) is 0 Å². The minimum atomic E-state index is -0.736. The highest BCUT2D eigenvalue weighted by atomic mass is 16.4. The summed E-state index contributed by atoms with van der Waals surface area (Å²) in [6.45, 7) is 9.07. The van der Waals surface area contributed by atoms with Crippen molar-refractivity contribution in [2.75, 3.05) is 6.54 Å². The zero-order valence-corrected chi connectivity index (χ0v) is 11.1. The molecule has 3 heteroatoms. The Morgan fingerprint density at radius 2 is 1.94 bits per heavy atom. The molecule has 0 saturated heterocycles. The molecule has 0 aliphatic rings. The van der Waals surface area contributed by atoms with E-state index in [1.165, 1.54) is 19.3 Å². The largest absolute Gasteiger partial charge is 0.480 e. The molecule has 0 saturated carbocycles. The number of unbranched alkanes of at least 4 members (excludes halogenated alkanes) is 1. The molecule has 0 rings (SSSR count). The Balaban J connectivity index is 4.01. The smallest absolute Gasteiger partial charge is 0.320 e. The Morgan fingerprint density at radius 1 is 1.31 bits per heavy atom. The van der Waals surface area contributed by atoms with Crippen LogP contribution in [0.25, 0.3) is 0 Å². The summed E-state index contributed by atoms with van der Waals surface area (Å²) in [5.41, 5.74) is 0. The first-order valence-corrected chi connectivity index (χ1v) is 6.49. The van der Waals surface area contributed by atoms with Crippen LogP contribution >= 0.6 is 0 Å². The van der Waals surface area contributed by atoms with Gasteiger partial charge >= 0.3 is 5.97 Å². The normalized spacial score (nSPS) is 15.1. The molecule has 0 spiro atoms. The lowest BCUT2D eigenvalue weighted by Gasteiger charge is -2.22. The second-order valence-electron chi connectivity index (χ2n) is 4.88. The van der Waals surface area contributed by atoms with Gasteiger partial charge in [0.25, 0.3) is 0 Å². The van der Waals surface area contributed by atoms with Gasteiger partial charge in [-0.1, -0.05) is 47.0 Å². The van der Waals surface area contributed by atoms with Crippen molar-refractivity contribution < 1.29 is 9.90 Å². The van der Waals surface area contributed by atoms with E-state index in [4.69, 9.17) is 5.11 Å². The molecular formula is C13H27NO2. The van der Waals surface area contributed by atoms with Gasteiger partial charge in [0.1, 0.15) is 6.04 Å². The summed E-state index contributed by atoms with van der Waals surface area (Å²) in [7, 11) is 0. The van der Waals surface area contributed by atoms with E-state index in [0.29, 0.717) is 5.92 Å². The van der Waals surface area contributed by atoms with Crippen molar-refractivity contribution >= 4 is 5.97 Å². The van der Waals surface area contributed by atoms with E-state index in [0.717, 1.165) is 13.0 Å². The second kappa shape index (κ2) is 8.57. The standard InChI is InChI=1S/C13H27NO2/c1-5-7-8-11(6-2)9-14-12(10(3)4)13(15)16/h10-12,14H,5-9H2,1-4H3,(H,15,16). The average molecular weight is 229 g/mol. The summed E-state index contributed by atoms with van der Waals surface area (Å²) in [5.74, 6) is 0.0158. The predicted molar refractivity (Wildman–Crippen MR) is 67.6 cm³/mol. The SMILES string of the molecule is CCCCC(CC)CNC(C(=O)O)C(C)C. The Kier molecular flexibility index (Phi) is 8.26. The van der Waals surface area contributed by atoms with Crippen molar-refractivity contribution in [3.63, 3.8) is 0 Å². The van der Waals surface area contributed by atoms with Gasteiger partial charge in [-0.2, -0.15) is 0 Å². The highest BCUT2D eigenvalue weighted by Crippen LogP contribution is 2.12. The molecule has 2 N–H and O–H groups in total. The Morgan fingerprint density at radius 3 is 2.31 bits per heavy atom. The van der Waals surface area contributed by atoms with Gasteiger partial charge < -0.3 is 10.4 Å². The van der Waals surface area contributed by atoms with Gasteiger partial charge in [-0.3, -0.25) is 4.79 Å². The van der Waals surface area contributed by atoms with E-state index < -0.39 is 12.0 Å². The molecule has 96 valence electrons. The first kappa shape index (κ1) is 15.4. The monoisotopic (exact) mass is 229 g/mol. The number of carboxylic acids is 1. The number of aliphatic carboxylic acids is 1. The van der Waals surface area contributed by atoms with E-state index in [1.54, 1.807) is 0 Å². The topological polar surface area (TPSA) is 49.3 Å². The molecule has 0 fully saturated rings. The van der Waals surface area contributed by atoms with E-state index in [9.17, 15) is 4.79 Å². The van der Waals surface area contributed by atoms with Gasteiger partial charge in [-0.05, 0) is 24.8 Å². The fourth-order valence-corrected chi connectivity index (χ4v) is 1.85. The minimum Gasteiger partial charge on any atom is -0.480 e. The molecule has 0 heterocycles. The van der Waals surface area contributed by atoms with E-state index in [2.05, 4.69) is 19.2 Å². The van der Waals surface area contributed by atoms with Crippen LogP contribution in [0.3, 0.4) is 0 Å². The zero-order chi connectivity index (χ0) is 12.6. The van der Waals surface area contributed by atoms with Crippen molar-refractivity contribution in [2.24, 2.45) is 11.8 Å². The molecule has 0 aliphatic heterocycles. The van der Waals surface area contributed by atoms with Crippen LogP contribution in [0, 0.1) is 11.8 Å². The average Bonchev–Trinajstić information content (AvgIpc) is 2.22. The molecular weight excluding hydrogens is 202 g/mol. The van der Waals surface area contributed by atoms with Crippen LogP contribution in [-0.4, -0.2) is 23.7 Å². The molecule has 16 heavy (non-hydrogen) atoms. The van der Waals surface area contributed by atoms with Crippen LogP contribution < -0.4 is 5.32 Å². The number of hydrogen-bond donors (Lipinski definition) is 2. The Hall–Kier alpha value is -0.570. The van der Waals surface area contributed by atoms with Crippen molar-refractivity contribution in [3.05, 3.63) is 0 Å². The molecule has 2 unspecified atom stereocenters. The van der Waals surface area contributed by atoms with Gasteiger partial charge in [0.2, 0.25) is 0 Å². The van der Waals surface area contributed by atoms with Crippen LogP contribution in [-0.2, 0) is 4.79 Å². The molecule has 0 radical (unpaired) electrons. The quantitative estimate of drug-likeness (QED) is 0.639. The molecule has 0 aliphatic carbocycles. The molecule has 3 nitrogen and oxygen atoms in total. The number of carboxylic acid groups (broad SMARTS) is 1. The van der Waals surface area contributed by atoms with Crippen LogP contribution in [0.4, 0.5) is 0 Å². The summed E-state index contributed by atoms with van der Waals surface area (Å²) >= 11 is 0. The molecule has 0 aromatic rings. The third kappa shape index (κ3) is 6.11. The first-order chi connectivity index (χ1) is 7.52. The van der Waals surface area contributed by atoms with Gasteiger partial charge in [0.15, 0.2) is 0 Å². The van der Waals surface area contributed by atoms with Gasteiger partial charge in [-0.15, -0.1) is 0 Å². The van der Waals surface area contributed by atoms with Crippen LogP contribution in [0.2, 0.25) is 0 Å². The number of hydrogen-bond acceptors (Lipinski definition) is 2. The van der Waals surface area contributed by atoms with Crippen LogP contribution in [0.5, 0.6) is 0 Å². The van der Waals surface area contributed by atoms with Crippen molar-refractivity contribution in [3.8, 4) is 0 Å². The fourth-order valence-electron chi connectivity index (χ4n) is 1.85. The number of nitrogens with one attached hydrogen (secondary N) is 1. The fraction of sp³-hybridized carbons (Fsp3) is 0.923. The lowest BCUT2D eigenvalue weighted by atomic mass is 9.97. The summed E-state index contributed by atoms with van der Waals surface area (Å²) in [5, 5.41) is 12.2. The lowest BCUT2D eigenvalue weighted by molar-refractivity contribution is -0.140. The van der Waals surface area contributed by atoms with Crippen molar-refractivity contribution in [1.82, 2.24) is 5.32 Å². The highest BCUT2D eigenvalue weighted by molar-refractivity contribution is 5.73. The Bertz CT molecular complexity index is 192. The maximum atomic E-state index is 11.0. The third-order valence-electron chi connectivity index (χ3n) is 3.10. The number of rotatable bonds is 9. The summed E-state index contributed by atoms with van der Waals surface area (Å²) < 4.78 is 0. The van der Waals surface area contributed by atoms with Crippen LogP contribution in [0.1, 0.15) is 53.4 Å². The third-order valence-corrected chi connectivity index (χ3v) is 3.10.